The van der Waals surface area contributed by atoms with E-state index in [0.29, 0.717) is 18.3 Å². The molecular formula is C17H26IN5O2. The number of hydrogen-bond donors (Lipinski definition) is 2. The molecule has 0 saturated carbocycles. The summed E-state index contributed by atoms with van der Waals surface area (Å²) in [5.41, 5.74) is 2.35. The monoisotopic (exact) mass is 459 g/mol. The molecule has 8 heteroatoms. The van der Waals surface area contributed by atoms with Gasteiger partial charge in [0.15, 0.2) is 11.8 Å². The molecule has 25 heavy (non-hydrogen) atoms. The third kappa shape index (κ3) is 6.89. The minimum Gasteiger partial charge on any atom is -0.496 e. The Balaban J connectivity index is 0.00000312. The Bertz CT molecular complexity index is 687. The Kier molecular flexibility index (Phi) is 9.25. The van der Waals surface area contributed by atoms with Crippen molar-refractivity contribution in [2.75, 3.05) is 20.2 Å². The van der Waals surface area contributed by atoms with E-state index in [0.717, 1.165) is 36.8 Å². The van der Waals surface area contributed by atoms with Crippen molar-refractivity contribution in [3.05, 3.63) is 41.0 Å². The van der Waals surface area contributed by atoms with E-state index in [4.69, 9.17) is 9.26 Å². The second-order valence-electron chi connectivity index (χ2n) is 5.41. The molecule has 0 spiro atoms. The van der Waals surface area contributed by atoms with Gasteiger partial charge in [0.05, 0.1) is 7.11 Å². The number of ether oxygens (including phenoxy) is 1. The molecular weight excluding hydrogens is 433 g/mol. The molecule has 0 fully saturated rings. The highest BCUT2D eigenvalue weighted by atomic mass is 127. The average Bonchev–Trinajstić information content (AvgIpc) is 2.99. The highest BCUT2D eigenvalue weighted by Crippen LogP contribution is 2.18. The van der Waals surface area contributed by atoms with E-state index in [-0.39, 0.29) is 24.0 Å². The summed E-state index contributed by atoms with van der Waals surface area (Å²) in [6.45, 7) is 7.76. The molecule has 2 aromatic rings. The molecule has 0 radical (unpaired) electrons. The number of benzene rings is 1. The third-order valence-corrected chi connectivity index (χ3v) is 3.46. The number of halogens is 1. The van der Waals surface area contributed by atoms with Crippen LogP contribution in [0.2, 0.25) is 0 Å². The number of aromatic nitrogens is 2. The molecule has 7 nitrogen and oxygen atoms in total. The van der Waals surface area contributed by atoms with Crippen LogP contribution in [0.1, 0.15) is 29.8 Å². The van der Waals surface area contributed by atoms with Crippen molar-refractivity contribution in [2.45, 2.75) is 33.7 Å². The van der Waals surface area contributed by atoms with Gasteiger partial charge in [0.1, 0.15) is 12.3 Å². The van der Waals surface area contributed by atoms with Gasteiger partial charge in [0, 0.05) is 13.1 Å². The maximum atomic E-state index is 5.36. The van der Waals surface area contributed by atoms with Crippen LogP contribution in [0.15, 0.2) is 27.7 Å². The van der Waals surface area contributed by atoms with Crippen molar-refractivity contribution in [2.24, 2.45) is 4.99 Å². The quantitative estimate of drug-likeness (QED) is 0.376. The molecule has 0 unspecified atom stereocenters. The van der Waals surface area contributed by atoms with Crippen LogP contribution in [-0.2, 0) is 13.0 Å². The maximum absolute atomic E-state index is 5.36. The van der Waals surface area contributed by atoms with Gasteiger partial charge in [0.25, 0.3) is 0 Å². The minimum absolute atomic E-state index is 0. The maximum Gasteiger partial charge on any atom is 0.248 e. The number of hydrogen-bond acceptors (Lipinski definition) is 5. The summed E-state index contributed by atoms with van der Waals surface area (Å²) in [6, 6.07) is 6.26. The number of aliphatic imine (C=N–C) groups is 1. The lowest BCUT2D eigenvalue weighted by Gasteiger charge is -2.12. The van der Waals surface area contributed by atoms with Gasteiger partial charge in [-0.15, -0.1) is 24.0 Å². The first-order valence-electron chi connectivity index (χ1n) is 8.07. The zero-order valence-corrected chi connectivity index (χ0v) is 17.5. The zero-order chi connectivity index (χ0) is 17.4. The largest absolute Gasteiger partial charge is 0.496 e. The lowest BCUT2D eigenvalue weighted by Crippen LogP contribution is -2.38. The fourth-order valence-electron chi connectivity index (χ4n) is 2.24. The molecule has 1 heterocycles. The van der Waals surface area contributed by atoms with E-state index in [1.54, 1.807) is 14.0 Å². The van der Waals surface area contributed by atoms with E-state index in [1.165, 1.54) is 5.56 Å². The van der Waals surface area contributed by atoms with Gasteiger partial charge in [-0.2, -0.15) is 4.98 Å². The molecule has 0 aliphatic rings. The van der Waals surface area contributed by atoms with Crippen LogP contribution >= 0.6 is 24.0 Å². The van der Waals surface area contributed by atoms with Gasteiger partial charge in [-0.3, -0.25) is 0 Å². The van der Waals surface area contributed by atoms with Crippen LogP contribution in [0.25, 0.3) is 0 Å². The summed E-state index contributed by atoms with van der Waals surface area (Å²) < 4.78 is 10.4. The van der Waals surface area contributed by atoms with Gasteiger partial charge < -0.3 is 19.9 Å². The smallest absolute Gasteiger partial charge is 0.248 e. The van der Waals surface area contributed by atoms with Crippen molar-refractivity contribution in [3.8, 4) is 5.75 Å². The topological polar surface area (TPSA) is 84.6 Å². The Labute approximate surface area is 165 Å². The Morgan fingerprint density at radius 2 is 2.08 bits per heavy atom. The zero-order valence-electron chi connectivity index (χ0n) is 15.1. The fourth-order valence-corrected chi connectivity index (χ4v) is 2.24. The van der Waals surface area contributed by atoms with Gasteiger partial charge in [0.2, 0.25) is 5.89 Å². The first-order chi connectivity index (χ1) is 11.6. The standard InChI is InChI=1S/C17H25N5O2.HI/c1-5-18-17(20-11-16-21-13(3)22-24-16)19-9-8-14-7-6-12(2)15(10-14)23-4;/h6-7,10H,5,8-9,11H2,1-4H3,(H2,18,19,20);1H. The normalized spacial score (nSPS) is 11.0. The molecule has 0 bridgehead atoms. The second kappa shape index (κ2) is 10.9. The molecule has 2 N–H and O–H groups in total. The summed E-state index contributed by atoms with van der Waals surface area (Å²) >= 11 is 0. The molecule has 138 valence electrons. The first-order valence-corrected chi connectivity index (χ1v) is 8.07. The van der Waals surface area contributed by atoms with Crippen LogP contribution in [0.3, 0.4) is 0 Å². The van der Waals surface area contributed by atoms with Crippen molar-refractivity contribution >= 4 is 29.9 Å². The highest BCUT2D eigenvalue weighted by Gasteiger charge is 2.04. The van der Waals surface area contributed by atoms with Crippen LogP contribution in [0, 0.1) is 13.8 Å². The molecule has 1 aromatic heterocycles. The third-order valence-electron chi connectivity index (χ3n) is 3.46. The number of nitrogens with zero attached hydrogens (tertiary/aromatic N) is 3. The summed E-state index contributed by atoms with van der Waals surface area (Å²) in [5.74, 6) is 2.77. The van der Waals surface area contributed by atoms with Crippen molar-refractivity contribution < 1.29 is 9.26 Å². The Morgan fingerprint density at radius 3 is 2.72 bits per heavy atom. The first kappa shape index (κ1) is 21.2. The van der Waals surface area contributed by atoms with E-state index in [2.05, 4.69) is 44.0 Å². The van der Waals surface area contributed by atoms with Crippen LogP contribution < -0.4 is 15.4 Å². The predicted molar refractivity (Wildman–Crippen MR) is 109 cm³/mol. The summed E-state index contributed by atoms with van der Waals surface area (Å²) in [6.07, 6.45) is 0.876. The van der Waals surface area contributed by atoms with Gasteiger partial charge in [-0.1, -0.05) is 17.3 Å². The number of nitrogens with one attached hydrogen (secondary N) is 2. The molecule has 0 saturated heterocycles. The van der Waals surface area contributed by atoms with E-state index < -0.39 is 0 Å². The highest BCUT2D eigenvalue weighted by molar-refractivity contribution is 14.0. The van der Waals surface area contributed by atoms with Gasteiger partial charge in [-0.05, 0) is 44.4 Å². The molecule has 0 amide bonds. The number of rotatable bonds is 7. The minimum atomic E-state index is 0. The Morgan fingerprint density at radius 1 is 1.28 bits per heavy atom. The number of guanidine groups is 1. The van der Waals surface area contributed by atoms with E-state index >= 15 is 0 Å². The van der Waals surface area contributed by atoms with Crippen LogP contribution in [0.4, 0.5) is 0 Å². The fraction of sp³-hybridized carbons (Fsp3) is 0.471. The van der Waals surface area contributed by atoms with Gasteiger partial charge >= 0.3 is 0 Å². The second-order valence-corrected chi connectivity index (χ2v) is 5.41. The Hall–Kier alpha value is -1.84. The average molecular weight is 459 g/mol. The van der Waals surface area contributed by atoms with Crippen LogP contribution in [-0.4, -0.2) is 36.3 Å². The SMILES string of the molecule is CCNC(=NCc1nc(C)no1)NCCc1ccc(C)c(OC)c1.I. The van der Waals surface area contributed by atoms with E-state index in [9.17, 15) is 0 Å². The van der Waals surface area contributed by atoms with Crippen molar-refractivity contribution in [3.63, 3.8) is 0 Å². The van der Waals surface area contributed by atoms with Crippen LogP contribution in [0.5, 0.6) is 5.75 Å². The molecule has 0 aliphatic carbocycles. The van der Waals surface area contributed by atoms with E-state index in [1.807, 2.05) is 13.8 Å². The predicted octanol–water partition coefficient (Wildman–Crippen LogP) is 2.61. The number of methoxy groups -OCH3 is 1. The molecule has 2 rings (SSSR count). The summed E-state index contributed by atoms with van der Waals surface area (Å²) in [4.78, 5) is 8.59. The lowest BCUT2D eigenvalue weighted by atomic mass is 10.1. The van der Waals surface area contributed by atoms with Gasteiger partial charge in [-0.25, -0.2) is 4.99 Å². The molecule has 0 atom stereocenters. The summed E-state index contributed by atoms with van der Waals surface area (Å²) in [7, 11) is 1.69. The van der Waals surface area contributed by atoms with Crippen molar-refractivity contribution in [1.29, 1.82) is 0 Å². The summed E-state index contributed by atoms with van der Waals surface area (Å²) in [5, 5.41) is 10.3. The lowest BCUT2D eigenvalue weighted by molar-refractivity contribution is 0.376. The van der Waals surface area contributed by atoms with Crippen molar-refractivity contribution in [1.82, 2.24) is 20.8 Å². The molecule has 0 aliphatic heterocycles. The number of aryl methyl sites for hydroxylation is 2. The molecule has 1 aromatic carbocycles.